The zero-order chi connectivity index (χ0) is 19.6. The smallest absolute Gasteiger partial charge is 0.173 e. The van der Waals surface area contributed by atoms with Crippen molar-refractivity contribution >= 4 is 23.4 Å². The van der Waals surface area contributed by atoms with Gasteiger partial charge in [0.05, 0.1) is 18.0 Å². The molecule has 2 aromatic carbocycles. The summed E-state index contributed by atoms with van der Waals surface area (Å²) in [5.41, 5.74) is 2.31. The monoisotopic (exact) mass is 410 g/mol. The summed E-state index contributed by atoms with van der Waals surface area (Å²) in [5.74, 6) is 0.541. The topological polar surface area (TPSA) is 90.2 Å². The Hall–Kier alpha value is -1.28. The Bertz CT molecular complexity index is 785. The van der Waals surface area contributed by atoms with E-state index in [4.69, 9.17) is 16.3 Å². The van der Waals surface area contributed by atoms with Crippen LogP contribution in [0.2, 0.25) is 5.02 Å². The van der Waals surface area contributed by atoms with E-state index in [1.54, 1.807) is 12.1 Å². The minimum atomic E-state index is -1.39. The number of halogens is 1. The predicted octanol–water partition coefficient (Wildman–Crippen LogP) is 2.13. The molecule has 0 aliphatic carbocycles. The van der Waals surface area contributed by atoms with E-state index in [0.717, 1.165) is 28.5 Å². The second-order valence-corrected chi connectivity index (χ2v) is 8.45. The molecule has 1 heterocycles. The quantitative estimate of drug-likeness (QED) is 0.603. The summed E-state index contributed by atoms with van der Waals surface area (Å²) in [7, 11) is 0. The molecule has 0 spiro atoms. The molecule has 27 heavy (non-hydrogen) atoms. The molecule has 0 bridgehead atoms. The van der Waals surface area contributed by atoms with Crippen LogP contribution in [0.1, 0.15) is 16.7 Å². The lowest BCUT2D eigenvalue weighted by atomic mass is 10.00. The third kappa shape index (κ3) is 4.59. The predicted molar refractivity (Wildman–Crippen MR) is 106 cm³/mol. The summed E-state index contributed by atoms with van der Waals surface area (Å²) in [6.45, 7) is 1.71. The number of thioether (sulfide) groups is 1. The number of hydrogen-bond donors (Lipinski definition) is 4. The van der Waals surface area contributed by atoms with Crippen molar-refractivity contribution in [2.75, 3.05) is 6.61 Å². The summed E-state index contributed by atoms with van der Waals surface area (Å²) in [5, 5.41) is 39.7. The van der Waals surface area contributed by atoms with Gasteiger partial charge in [0, 0.05) is 17.0 Å². The van der Waals surface area contributed by atoms with Gasteiger partial charge in [0.2, 0.25) is 0 Å². The second kappa shape index (κ2) is 8.82. The fourth-order valence-electron chi connectivity index (χ4n) is 3.10. The summed E-state index contributed by atoms with van der Waals surface area (Å²) >= 11 is 7.27. The van der Waals surface area contributed by atoms with Crippen molar-refractivity contribution < 1.29 is 25.2 Å². The van der Waals surface area contributed by atoms with Gasteiger partial charge in [-0.05, 0) is 36.2 Å². The molecule has 5 atom stereocenters. The number of ether oxygens (including phenoxy) is 1. The average molecular weight is 411 g/mol. The van der Waals surface area contributed by atoms with Gasteiger partial charge in [-0.2, -0.15) is 0 Å². The van der Waals surface area contributed by atoms with Crippen molar-refractivity contribution in [3.05, 3.63) is 64.2 Å². The molecule has 7 heteroatoms. The van der Waals surface area contributed by atoms with Gasteiger partial charge < -0.3 is 25.2 Å². The molecule has 0 saturated carbocycles. The molecule has 1 aliphatic rings. The number of aliphatic hydroxyl groups excluding tert-OH is 4. The normalized spacial score (nSPS) is 28.1. The minimum absolute atomic E-state index is 0.327. The van der Waals surface area contributed by atoms with E-state index < -0.39 is 29.0 Å². The van der Waals surface area contributed by atoms with Crippen molar-refractivity contribution in [2.45, 2.75) is 42.3 Å². The first-order valence-corrected chi connectivity index (χ1v) is 10.0. The van der Waals surface area contributed by atoms with Crippen LogP contribution in [0, 0.1) is 6.92 Å². The first-order chi connectivity index (χ1) is 12.9. The summed E-state index contributed by atoms with van der Waals surface area (Å²) < 4.78 is 5.99. The molecule has 146 valence electrons. The van der Waals surface area contributed by atoms with Crippen LogP contribution in [0.15, 0.2) is 42.5 Å². The fourth-order valence-corrected chi connectivity index (χ4v) is 4.53. The second-order valence-electron chi connectivity index (χ2n) is 6.67. The number of benzene rings is 2. The summed E-state index contributed by atoms with van der Waals surface area (Å²) in [6, 6.07) is 13.3. The SMILES string of the molecule is Cc1ccccc1Cc1cc(Cl)ccc1O[C@H]1S[C@@H](CO)[C@@H](O)[C@H](O)[C@H]1O. The zero-order valence-electron chi connectivity index (χ0n) is 14.8. The largest absolute Gasteiger partial charge is 0.477 e. The molecular weight excluding hydrogens is 388 g/mol. The van der Waals surface area contributed by atoms with Crippen LogP contribution in [-0.4, -0.2) is 56.0 Å². The fraction of sp³-hybridized carbons (Fsp3) is 0.400. The molecule has 0 amide bonds. The van der Waals surface area contributed by atoms with E-state index in [-0.39, 0.29) is 6.61 Å². The summed E-state index contributed by atoms with van der Waals surface area (Å²) in [6.07, 6.45) is -3.29. The lowest BCUT2D eigenvalue weighted by Crippen LogP contribution is -2.55. The van der Waals surface area contributed by atoms with E-state index in [9.17, 15) is 20.4 Å². The standard InChI is InChI=1S/C20H23ClO5S/c1-11-4-2-3-5-12(11)8-13-9-14(21)6-7-15(13)26-20-19(25)18(24)17(23)16(10-22)27-20/h2-7,9,16-20,22-25H,8,10H2,1H3/t16-,17+,18-,19+,20-/m0/s1. The lowest BCUT2D eigenvalue weighted by Gasteiger charge is -2.39. The van der Waals surface area contributed by atoms with Crippen LogP contribution in [0.5, 0.6) is 5.75 Å². The van der Waals surface area contributed by atoms with Crippen LogP contribution in [0.4, 0.5) is 0 Å². The van der Waals surface area contributed by atoms with Gasteiger partial charge in [-0.25, -0.2) is 0 Å². The highest BCUT2D eigenvalue weighted by molar-refractivity contribution is 8.00. The Morgan fingerprint density at radius 2 is 1.74 bits per heavy atom. The van der Waals surface area contributed by atoms with Gasteiger partial charge in [0.25, 0.3) is 0 Å². The number of aryl methyl sites for hydroxylation is 1. The van der Waals surface area contributed by atoms with E-state index in [2.05, 4.69) is 0 Å². The van der Waals surface area contributed by atoms with Gasteiger partial charge in [0.15, 0.2) is 5.44 Å². The highest BCUT2D eigenvalue weighted by Crippen LogP contribution is 2.36. The Kier molecular flexibility index (Phi) is 6.68. The maximum absolute atomic E-state index is 10.3. The lowest BCUT2D eigenvalue weighted by molar-refractivity contribution is -0.0910. The first-order valence-electron chi connectivity index (χ1n) is 8.71. The van der Waals surface area contributed by atoms with Gasteiger partial charge >= 0.3 is 0 Å². The van der Waals surface area contributed by atoms with E-state index in [1.165, 1.54) is 0 Å². The molecule has 5 nitrogen and oxygen atoms in total. The first kappa shape index (κ1) is 20.5. The van der Waals surface area contributed by atoms with Gasteiger partial charge in [0.1, 0.15) is 18.0 Å². The third-order valence-electron chi connectivity index (χ3n) is 4.76. The number of aliphatic hydroxyl groups is 4. The van der Waals surface area contributed by atoms with Gasteiger partial charge in [-0.1, -0.05) is 35.9 Å². The molecule has 1 fully saturated rings. The molecule has 0 unspecified atom stereocenters. The van der Waals surface area contributed by atoms with Crippen molar-refractivity contribution in [1.29, 1.82) is 0 Å². The molecule has 2 aromatic rings. The highest BCUT2D eigenvalue weighted by atomic mass is 35.5. The van der Waals surface area contributed by atoms with Crippen LogP contribution < -0.4 is 4.74 Å². The third-order valence-corrected chi connectivity index (χ3v) is 6.41. The molecule has 3 rings (SSSR count). The minimum Gasteiger partial charge on any atom is -0.477 e. The maximum atomic E-state index is 10.3. The Balaban J connectivity index is 1.85. The van der Waals surface area contributed by atoms with E-state index >= 15 is 0 Å². The Labute approximate surface area is 167 Å². The Morgan fingerprint density at radius 1 is 1.00 bits per heavy atom. The number of hydrogen-bond acceptors (Lipinski definition) is 6. The van der Waals surface area contributed by atoms with Crippen LogP contribution in [-0.2, 0) is 6.42 Å². The van der Waals surface area contributed by atoms with Crippen LogP contribution in [0.25, 0.3) is 0 Å². The van der Waals surface area contributed by atoms with E-state index in [1.807, 2.05) is 37.3 Å². The molecule has 0 radical (unpaired) electrons. The zero-order valence-corrected chi connectivity index (χ0v) is 16.4. The molecule has 4 N–H and O–H groups in total. The highest BCUT2D eigenvalue weighted by Gasteiger charge is 2.44. The van der Waals surface area contributed by atoms with Crippen LogP contribution in [0.3, 0.4) is 0 Å². The van der Waals surface area contributed by atoms with E-state index in [0.29, 0.717) is 17.2 Å². The van der Waals surface area contributed by atoms with Gasteiger partial charge in [-0.15, -0.1) is 11.8 Å². The van der Waals surface area contributed by atoms with Crippen molar-refractivity contribution in [2.24, 2.45) is 0 Å². The summed E-state index contributed by atoms with van der Waals surface area (Å²) in [4.78, 5) is 0. The molecule has 1 saturated heterocycles. The molecule has 0 aromatic heterocycles. The van der Waals surface area contributed by atoms with Crippen molar-refractivity contribution in [1.82, 2.24) is 0 Å². The number of rotatable bonds is 5. The molecule has 1 aliphatic heterocycles. The van der Waals surface area contributed by atoms with Gasteiger partial charge in [-0.3, -0.25) is 0 Å². The average Bonchev–Trinajstić information content (AvgIpc) is 2.66. The maximum Gasteiger partial charge on any atom is 0.173 e. The van der Waals surface area contributed by atoms with Crippen molar-refractivity contribution in [3.63, 3.8) is 0 Å². The molecular formula is C20H23ClO5S. The van der Waals surface area contributed by atoms with Crippen molar-refractivity contribution in [3.8, 4) is 5.75 Å². The Morgan fingerprint density at radius 3 is 2.44 bits per heavy atom. The van der Waals surface area contributed by atoms with Crippen LogP contribution >= 0.6 is 23.4 Å².